The number of nitrogens with zero attached hydrogens (tertiary/aromatic N) is 3. The molecule has 146 valence electrons. The number of aromatic nitrogens is 3. The zero-order chi connectivity index (χ0) is 19.7. The zero-order valence-electron chi connectivity index (χ0n) is 16.3. The number of ether oxygens (including phenoxy) is 1. The van der Waals surface area contributed by atoms with Crippen LogP contribution in [0.4, 0.5) is 0 Å². The largest absolute Gasteiger partial charge is 0.486 e. The Bertz CT molecular complexity index is 1030. The Morgan fingerprint density at radius 1 is 1.32 bits per heavy atom. The maximum atomic E-state index is 5.86. The molecular weight excluding hydrogens is 372 g/mol. The number of H-pyrrole nitrogens is 1. The van der Waals surface area contributed by atoms with Gasteiger partial charge in [0.25, 0.3) is 0 Å². The summed E-state index contributed by atoms with van der Waals surface area (Å²) < 4.78 is 13.7. The maximum absolute atomic E-state index is 5.86. The predicted octanol–water partition coefficient (Wildman–Crippen LogP) is 5.24. The molecule has 0 aliphatic heterocycles. The first-order valence-corrected chi connectivity index (χ1v) is 9.95. The van der Waals surface area contributed by atoms with E-state index in [4.69, 9.17) is 21.4 Å². The van der Waals surface area contributed by atoms with Crippen LogP contribution in [0.2, 0.25) is 0 Å². The van der Waals surface area contributed by atoms with Crippen molar-refractivity contribution in [1.29, 1.82) is 0 Å². The van der Waals surface area contributed by atoms with Crippen LogP contribution >= 0.6 is 12.2 Å². The third-order valence-electron chi connectivity index (χ3n) is 5.06. The van der Waals surface area contributed by atoms with Crippen molar-refractivity contribution in [2.75, 3.05) is 0 Å². The monoisotopic (exact) mass is 396 g/mol. The highest BCUT2D eigenvalue weighted by atomic mass is 32.1. The molecule has 1 aliphatic carbocycles. The van der Waals surface area contributed by atoms with E-state index in [-0.39, 0.29) is 6.61 Å². The molecular formula is C21H24N4O2S. The van der Waals surface area contributed by atoms with Gasteiger partial charge in [0, 0.05) is 5.92 Å². The fourth-order valence-corrected chi connectivity index (χ4v) is 3.30. The fourth-order valence-electron chi connectivity index (χ4n) is 3.10. The van der Waals surface area contributed by atoms with Gasteiger partial charge in [0.05, 0.1) is 6.21 Å². The molecule has 1 aliphatic rings. The molecule has 0 radical (unpaired) electrons. The van der Waals surface area contributed by atoms with E-state index >= 15 is 0 Å². The SMILES string of the molecule is CC(C)c1ccc(OCc2n[nH]c(=S)n2/N=C\c2ccc([C@@H]3C[C@@H]3C)o2)cc1. The number of hydrogen-bond acceptors (Lipinski definition) is 5. The first-order chi connectivity index (χ1) is 13.5. The van der Waals surface area contributed by atoms with Crippen molar-refractivity contribution >= 4 is 18.4 Å². The molecule has 4 rings (SSSR count). The Morgan fingerprint density at radius 3 is 2.75 bits per heavy atom. The van der Waals surface area contributed by atoms with Crippen molar-refractivity contribution in [3.63, 3.8) is 0 Å². The summed E-state index contributed by atoms with van der Waals surface area (Å²) in [5.74, 6) is 4.84. The molecule has 1 fully saturated rings. The van der Waals surface area contributed by atoms with Gasteiger partial charge in [-0.3, -0.25) is 0 Å². The second-order valence-corrected chi connectivity index (χ2v) is 7.96. The van der Waals surface area contributed by atoms with E-state index in [1.165, 1.54) is 12.0 Å². The third-order valence-corrected chi connectivity index (χ3v) is 5.32. The lowest BCUT2D eigenvalue weighted by molar-refractivity contribution is 0.290. The van der Waals surface area contributed by atoms with Crippen LogP contribution < -0.4 is 4.74 Å². The Morgan fingerprint density at radius 2 is 2.07 bits per heavy atom. The van der Waals surface area contributed by atoms with Crippen molar-refractivity contribution in [3.05, 3.63) is 64.1 Å². The molecule has 3 aromatic rings. The lowest BCUT2D eigenvalue weighted by atomic mass is 10.0. The van der Waals surface area contributed by atoms with Crippen LogP contribution in [0.15, 0.2) is 45.9 Å². The predicted molar refractivity (Wildman–Crippen MR) is 110 cm³/mol. The Kier molecular flexibility index (Phi) is 5.17. The van der Waals surface area contributed by atoms with Gasteiger partial charge in [-0.15, -0.1) is 0 Å². The minimum absolute atomic E-state index is 0.258. The second kappa shape index (κ2) is 7.75. The van der Waals surface area contributed by atoms with E-state index in [1.54, 1.807) is 10.9 Å². The Labute approximate surface area is 169 Å². The molecule has 1 saturated carbocycles. The number of nitrogens with one attached hydrogen (secondary N) is 1. The van der Waals surface area contributed by atoms with E-state index in [0.717, 1.165) is 11.5 Å². The molecule has 2 heterocycles. The van der Waals surface area contributed by atoms with Crippen molar-refractivity contribution in [2.45, 2.75) is 45.6 Å². The number of furan rings is 1. The molecule has 1 N–H and O–H groups in total. The number of aromatic amines is 1. The summed E-state index contributed by atoms with van der Waals surface area (Å²) in [7, 11) is 0. The van der Waals surface area contributed by atoms with Crippen LogP contribution in [0.5, 0.6) is 5.75 Å². The van der Waals surface area contributed by atoms with Gasteiger partial charge >= 0.3 is 0 Å². The van der Waals surface area contributed by atoms with Crippen LogP contribution in [0.25, 0.3) is 0 Å². The molecule has 1 aromatic carbocycles. The van der Waals surface area contributed by atoms with Gasteiger partial charge in [0.15, 0.2) is 5.82 Å². The van der Waals surface area contributed by atoms with Gasteiger partial charge in [-0.25, -0.2) is 5.10 Å². The number of benzene rings is 1. The van der Waals surface area contributed by atoms with Gasteiger partial charge in [0.2, 0.25) is 4.77 Å². The zero-order valence-corrected chi connectivity index (χ0v) is 17.1. The summed E-state index contributed by atoms with van der Waals surface area (Å²) in [6.07, 6.45) is 2.85. The van der Waals surface area contributed by atoms with Gasteiger partial charge in [-0.2, -0.15) is 14.9 Å². The molecule has 2 aromatic heterocycles. The van der Waals surface area contributed by atoms with E-state index in [9.17, 15) is 0 Å². The highest BCUT2D eigenvalue weighted by molar-refractivity contribution is 7.71. The molecule has 0 amide bonds. The van der Waals surface area contributed by atoms with Crippen LogP contribution in [-0.2, 0) is 6.61 Å². The molecule has 0 unspecified atom stereocenters. The van der Waals surface area contributed by atoms with Crippen molar-refractivity contribution in [3.8, 4) is 5.75 Å². The van der Waals surface area contributed by atoms with Gasteiger partial charge in [-0.05, 0) is 60.3 Å². The van der Waals surface area contributed by atoms with Crippen LogP contribution in [0, 0.1) is 10.7 Å². The second-order valence-electron chi connectivity index (χ2n) is 7.57. The molecule has 6 nitrogen and oxygen atoms in total. The summed E-state index contributed by atoms with van der Waals surface area (Å²) in [6.45, 7) is 6.82. The number of hydrogen-bond donors (Lipinski definition) is 1. The van der Waals surface area contributed by atoms with Crippen LogP contribution in [0.3, 0.4) is 0 Å². The fraction of sp³-hybridized carbons (Fsp3) is 0.381. The molecule has 0 spiro atoms. The first-order valence-electron chi connectivity index (χ1n) is 9.54. The van der Waals surface area contributed by atoms with Gasteiger partial charge in [0.1, 0.15) is 23.9 Å². The average Bonchev–Trinajstić information content (AvgIpc) is 3.08. The summed E-state index contributed by atoms with van der Waals surface area (Å²) in [4.78, 5) is 0. The molecule has 7 heteroatoms. The quantitative estimate of drug-likeness (QED) is 0.438. The van der Waals surface area contributed by atoms with E-state index < -0.39 is 0 Å². The van der Waals surface area contributed by atoms with Crippen LogP contribution in [-0.4, -0.2) is 21.1 Å². The lowest BCUT2D eigenvalue weighted by Gasteiger charge is -2.08. The summed E-state index contributed by atoms with van der Waals surface area (Å²) >= 11 is 5.28. The summed E-state index contributed by atoms with van der Waals surface area (Å²) in [5, 5.41) is 11.4. The summed E-state index contributed by atoms with van der Waals surface area (Å²) in [5.41, 5.74) is 1.28. The normalized spacial score (nSPS) is 18.9. The minimum atomic E-state index is 0.258. The molecule has 2 atom stereocenters. The molecule has 28 heavy (non-hydrogen) atoms. The highest BCUT2D eigenvalue weighted by Crippen LogP contribution is 2.47. The van der Waals surface area contributed by atoms with Crippen molar-refractivity contribution < 1.29 is 9.15 Å². The lowest BCUT2D eigenvalue weighted by Crippen LogP contribution is -2.04. The van der Waals surface area contributed by atoms with Gasteiger partial charge < -0.3 is 9.15 Å². The molecule has 0 saturated heterocycles. The Hall–Kier alpha value is -2.67. The maximum Gasteiger partial charge on any atom is 0.216 e. The van der Waals surface area contributed by atoms with Crippen molar-refractivity contribution in [2.24, 2.45) is 11.0 Å². The van der Waals surface area contributed by atoms with E-state index in [1.807, 2.05) is 24.3 Å². The highest BCUT2D eigenvalue weighted by Gasteiger charge is 2.36. The minimum Gasteiger partial charge on any atom is -0.486 e. The standard InChI is InChI=1S/C21H24N4O2S/c1-13(2)15-4-6-16(7-5-15)26-12-20-23-24-21(28)25(20)22-11-17-8-9-19(27-17)18-10-14(18)3/h4-9,11,13-14,18H,10,12H2,1-3H3,(H,24,28)/b22-11-/t14-,18+/m0/s1. The van der Waals surface area contributed by atoms with Crippen molar-refractivity contribution in [1.82, 2.24) is 14.9 Å². The van der Waals surface area contributed by atoms with Gasteiger partial charge in [-0.1, -0.05) is 32.9 Å². The Balaban J connectivity index is 1.43. The average molecular weight is 397 g/mol. The van der Waals surface area contributed by atoms with E-state index in [2.05, 4.69) is 48.2 Å². The summed E-state index contributed by atoms with van der Waals surface area (Å²) in [6, 6.07) is 12.0. The topological polar surface area (TPSA) is 68.3 Å². The molecule has 0 bridgehead atoms. The number of rotatable bonds is 7. The smallest absolute Gasteiger partial charge is 0.216 e. The van der Waals surface area contributed by atoms with E-state index in [0.29, 0.717) is 34.1 Å². The third kappa shape index (κ3) is 4.09. The van der Waals surface area contributed by atoms with Crippen LogP contribution in [0.1, 0.15) is 61.9 Å². The first kappa shape index (κ1) is 18.7.